The van der Waals surface area contributed by atoms with Gasteiger partial charge in [0.05, 0.1) is 30.8 Å². The molecule has 0 fully saturated rings. The fraction of sp³-hybridized carbons (Fsp3) is 0.409. The van der Waals surface area contributed by atoms with Gasteiger partial charge in [-0.3, -0.25) is 15.4 Å². The van der Waals surface area contributed by atoms with Gasteiger partial charge in [-0.2, -0.15) is 0 Å². The highest BCUT2D eigenvalue weighted by molar-refractivity contribution is 5.56. The highest BCUT2D eigenvalue weighted by Gasteiger charge is 2.30. The number of nitrogens with one attached hydrogen (secondary N) is 1. The lowest BCUT2D eigenvalue weighted by molar-refractivity contribution is -0.385. The summed E-state index contributed by atoms with van der Waals surface area (Å²) >= 11 is 0. The Kier molecular flexibility index (Phi) is 8.28. The molecule has 0 saturated carbocycles. The standard InChI is InChI=1S/C22H29N7O4/c1-4-5-9-28-22(25-26-27-28)21(24-14-16-8-6-7-15(10-16)13-23)17-11-19(32-2)20(33-3)12-18(17)29(30)31/h6-8,10-12,21,24H,4-5,9,13-14,23H2,1-3H3. The minimum absolute atomic E-state index is 0.120. The predicted octanol–water partition coefficient (Wildman–Crippen LogP) is 2.74. The second-order valence-electron chi connectivity index (χ2n) is 7.47. The predicted molar refractivity (Wildman–Crippen MR) is 122 cm³/mol. The topological polar surface area (TPSA) is 143 Å². The van der Waals surface area contributed by atoms with Gasteiger partial charge in [0.1, 0.15) is 6.04 Å². The molecule has 0 aliphatic carbocycles. The molecule has 1 unspecified atom stereocenters. The lowest BCUT2D eigenvalue weighted by atomic mass is 10.0. The Labute approximate surface area is 192 Å². The minimum Gasteiger partial charge on any atom is -0.493 e. The summed E-state index contributed by atoms with van der Waals surface area (Å²) in [7, 11) is 2.92. The zero-order chi connectivity index (χ0) is 23.8. The number of tetrazole rings is 1. The van der Waals surface area contributed by atoms with E-state index >= 15 is 0 Å². The molecule has 3 rings (SSSR count). The molecule has 1 atom stereocenters. The molecular formula is C22H29N7O4. The fourth-order valence-corrected chi connectivity index (χ4v) is 3.59. The van der Waals surface area contributed by atoms with Crippen molar-refractivity contribution in [1.82, 2.24) is 25.5 Å². The molecule has 33 heavy (non-hydrogen) atoms. The Balaban J connectivity index is 2.08. The van der Waals surface area contributed by atoms with Crippen LogP contribution in [0, 0.1) is 10.1 Å². The summed E-state index contributed by atoms with van der Waals surface area (Å²) in [5, 5.41) is 27.5. The number of hydrogen-bond donors (Lipinski definition) is 2. The molecule has 0 radical (unpaired) electrons. The maximum atomic E-state index is 12.0. The van der Waals surface area contributed by atoms with Crippen molar-refractivity contribution in [3.8, 4) is 11.5 Å². The van der Waals surface area contributed by atoms with Crippen LogP contribution in [0.4, 0.5) is 5.69 Å². The summed E-state index contributed by atoms with van der Waals surface area (Å²) < 4.78 is 12.4. The van der Waals surface area contributed by atoms with Crippen molar-refractivity contribution in [1.29, 1.82) is 0 Å². The van der Waals surface area contributed by atoms with Crippen LogP contribution in [0.25, 0.3) is 0 Å². The van der Waals surface area contributed by atoms with Crippen LogP contribution in [0.2, 0.25) is 0 Å². The first-order valence-corrected chi connectivity index (χ1v) is 10.7. The van der Waals surface area contributed by atoms with Gasteiger partial charge in [-0.1, -0.05) is 37.6 Å². The molecule has 3 aromatic rings. The smallest absolute Gasteiger partial charge is 0.278 e. The SMILES string of the molecule is CCCCn1nnnc1C(NCc1cccc(CN)c1)c1cc(OC)c(OC)cc1[N+](=O)[O-]. The maximum absolute atomic E-state index is 12.0. The summed E-state index contributed by atoms with van der Waals surface area (Å²) in [6.07, 6.45) is 1.83. The summed E-state index contributed by atoms with van der Waals surface area (Å²) in [5.41, 5.74) is 8.01. The Bertz CT molecular complexity index is 1090. The average Bonchev–Trinajstić information content (AvgIpc) is 3.30. The third-order valence-electron chi connectivity index (χ3n) is 5.32. The van der Waals surface area contributed by atoms with E-state index in [1.807, 2.05) is 24.3 Å². The average molecular weight is 456 g/mol. The van der Waals surface area contributed by atoms with Gasteiger partial charge in [0.2, 0.25) is 0 Å². The second-order valence-corrected chi connectivity index (χ2v) is 7.47. The van der Waals surface area contributed by atoms with E-state index in [2.05, 4.69) is 27.8 Å². The molecule has 0 aliphatic rings. The molecule has 0 amide bonds. The zero-order valence-electron chi connectivity index (χ0n) is 19.0. The molecule has 11 heteroatoms. The van der Waals surface area contributed by atoms with Gasteiger partial charge >= 0.3 is 0 Å². The van der Waals surface area contributed by atoms with Crippen molar-refractivity contribution in [2.24, 2.45) is 5.73 Å². The second kappa shape index (κ2) is 11.3. The van der Waals surface area contributed by atoms with Crippen LogP contribution in [-0.2, 0) is 19.6 Å². The first-order chi connectivity index (χ1) is 16.0. The Hall–Kier alpha value is -3.57. The maximum Gasteiger partial charge on any atom is 0.278 e. The molecule has 0 saturated heterocycles. The summed E-state index contributed by atoms with van der Waals surface area (Å²) in [6, 6.07) is 10.1. The fourth-order valence-electron chi connectivity index (χ4n) is 3.59. The number of aromatic nitrogens is 4. The van der Waals surface area contributed by atoms with Gasteiger partial charge in [0.15, 0.2) is 17.3 Å². The molecule has 2 aromatic carbocycles. The summed E-state index contributed by atoms with van der Waals surface area (Å²) in [5.74, 6) is 1.13. The lowest BCUT2D eigenvalue weighted by Crippen LogP contribution is -2.27. The van der Waals surface area contributed by atoms with Gasteiger partial charge in [-0.05, 0) is 34.0 Å². The van der Waals surface area contributed by atoms with Gasteiger partial charge in [-0.25, -0.2) is 4.68 Å². The number of nitrogens with two attached hydrogens (primary N) is 1. The molecule has 176 valence electrons. The lowest BCUT2D eigenvalue weighted by Gasteiger charge is -2.20. The van der Waals surface area contributed by atoms with Gasteiger partial charge in [0, 0.05) is 19.6 Å². The van der Waals surface area contributed by atoms with Crippen molar-refractivity contribution >= 4 is 5.69 Å². The molecule has 1 aromatic heterocycles. The van der Waals surface area contributed by atoms with Gasteiger partial charge in [-0.15, -0.1) is 5.10 Å². The van der Waals surface area contributed by atoms with Crippen molar-refractivity contribution in [3.63, 3.8) is 0 Å². The molecule has 3 N–H and O–H groups in total. The van der Waals surface area contributed by atoms with Crippen LogP contribution in [-0.4, -0.2) is 39.4 Å². The first-order valence-electron chi connectivity index (χ1n) is 10.7. The van der Waals surface area contributed by atoms with Crippen LogP contribution < -0.4 is 20.5 Å². The van der Waals surface area contributed by atoms with Crippen LogP contribution in [0.1, 0.15) is 48.3 Å². The van der Waals surface area contributed by atoms with Crippen molar-refractivity contribution in [2.45, 2.75) is 45.4 Å². The van der Waals surface area contributed by atoms with Crippen LogP contribution in [0.5, 0.6) is 11.5 Å². The number of ether oxygens (including phenoxy) is 2. The Morgan fingerprint density at radius 1 is 1.18 bits per heavy atom. The third-order valence-corrected chi connectivity index (χ3v) is 5.32. The highest BCUT2D eigenvalue weighted by Crippen LogP contribution is 2.39. The molecule has 1 heterocycles. The number of unbranched alkanes of at least 4 members (excludes halogenated alkanes) is 1. The van der Waals surface area contributed by atoms with Crippen molar-refractivity contribution in [3.05, 3.63) is 69.0 Å². The Morgan fingerprint density at radius 3 is 2.58 bits per heavy atom. The van der Waals surface area contributed by atoms with E-state index in [1.54, 1.807) is 10.7 Å². The van der Waals surface area contributed by atoms with Gasteiger partial charge < -0.3 is 15.2 Å². The van der Waals surface area contributed by atoms with E-state index in [9.17, 15) is 10.1 Å². The monoisotopic (exact) mass is 455 g/mol. The number of benzene rings is 2. The summed E-state index contributed by atoms with van der Waals surface area (Å²) in [4.78, 5) is 11.5. The molecule has 0 aliphatic heterocycles. The van der Waals surface area contributed by atoms with E-state index in [0.29, 0.717) is 36.8 Å². The zero-order valence-corrected chi connectivity index (χ0v) is 19.0. The summed E-state index contributed by atoms with van der Waals surface area (Å²) in [6.45, 7) is 3.52. The van der Waals surface area contributed by atoms with E-state index in [-0.39, 0.29) is 11.4 Å². The number of hydrogen-bond acceptors (Lipinski definition) is 9. The van der Waals surface area contributed by atoms with Crippen LogP contribution in [0.3, 0.4) is 0 Å². The number of methoxy groups -OCH3 is 2. The van der Waals surface area contributed by atoms with Crippen molar-refractivity contribution < 1.29 is 14.4 Å². The van der Waals surface area contributed by atoms with E-state index in [4.69, 9.17) is 15.2 Å². The van der Waals surface area contributed by atoms with Crippen LogP contribution >= 0.6 is 0 Å². The quantitative estimate of drug-likeness (QED) is 0.311. The number of nitro groups is 1. The van der Waals surface area contributed by atoms with Gasteiger partial charge in [0.25, 0.3) is 5.69 Å². The minimum atomic E-state index is -0.668. The number of nitro benzene ring substituents is 1. The van der Waals surface area contributed by atoms with E-state index < -0.39 is 11.0 Å². The molecule has 0 spiro atoms. The van der Waals surface area contributed by atoms with E-state index in [1.165, 1.54) is 20.3 Å². The number of nitrogens with zero attached hydrogens (tertiary/aromatic N) is 5. The Morgan fingerprint density at radius 2 is 1.91 bits per heavy atom. The van der Waals surface area contributed by atoms with Crippen molar-refractivity contribution in [2.75, 3.05) is 14.2 Å². The van der Waals surface area contributed by atoms with Crippen LogP contribution in [0.15, 0.2) is 36.4 Å². The molecule has 0 bridgehead atoms. The van der Waals surface area contributed by atoms with E-state index in [0.717, 1.165) is 24.0 Å². The molecular weight excluding hydrogens is 426 g/mol. The largest absolute Gasteiger partial charge is 0.493 e. The normalized spacial score (nSPS) is 11.9. The first kappa shape index (κ1) is 24.1. The number of rotatable bonds is 12. The third kappa shape index (κ3) is 5.62. The highest BCUT2D eigenvalue weighted by atomic mass is 16.6. The molecule has 11 nitrogen and oxygen atoms in total. The number of aryl methyl sites for hydroxylation is 1.